The molecule has 0 aliphatic heterocycles. The highest BCUT2D eigenvalue weighted by Crippen LogP contribution is 2.18. The molecule has 0 saturated carbocycles. The molecule has 0 aliphatic carbocycles. The first-order chi connectivity index (χ1) is 9.20. The molecule has 3 N–H and O–H groups in total. The van der Waals surface area contributed by atoms with Gasteiger partial charge in [-0.15, -0.1) is 0 Å². The summed E-state index contributed by atoms with van der Waals surface area (Å²) in [5.41, 5.74) is 2.57. The molecule has 0 bridgehead atoms. The van der Waals surface area contributed by atoms with E-state index >= 15 is 0 Å². The SMILES string of the molecule is CCNC(=O)c1cccc(NC(C)c2ccn[nH]2)c1. The highest BCUT2D eigenvalue weighted by atomic mass is 16.1. The van der Waals surface area contributed by atoms with Gasteiger partial charge in [-0.3, -0.25) is 9.89 Å². The third-order valence-corrected chi connectivity index (χ3v) is 2.83. The van der Waals surface area contributed by atoms with E-state index < -0.39 is 0 Å². The minimum Gasteiger partial charge on any atom is -0.377 e. The molecule has 0 spiro atoms. The van der Waals surface area contributed by atoms with Gasteiger partial charge in [0.2, 0.25) is 0 Å². The van der Waals surface area contributed by atoms with Gasteiger partial charge in [0.15, 0.2) is 0 Å². The Bertz CT molecular complexity index is 536. The van der Waals surface area contributed by atoms with Crippen molar-refractivity contribution < 1.29 is 4.79 Å². The van der Waals surface area contributed by atoms with E-state index in [1.165, 1.54) is 0 Å². The lowest BCUT2D eigenvalue weighted by molar-refractivity contribution is 0.0956. The van der Waals surface area contributed by atoms with Crippen molar-refractivity contribution in [2.75, 3.05) is 11.9 Å². The summed E-state index contributed by atoms with van der Waals surface area (Å²) in [6.45, 7) is 4.56. The van der Waals surface area contributed by atoms with Gasteiger partial charge in [0.25, 0.3) is 5.91 Å². The monoisotopic (exact) mass is 258 g/mol. The summed E-state index contributed by atoms with van der Waals surface area (Å²) < 4.78 is 0. The van der Waals surface area contributed by atoms with Crippen LogP contribution in [0.2, 0.25) is 0 Å². The van der Waals surface area contributed by atoms with Crippen molar-refractivity contribution in [1.29, 1.82) is 0 Å². The molecule has 0 aliphatic rings. The summed E-state index contributed by atoms with van der Waals surface area (Å²) in [6.07, 6.45) is 1.72. The molecule has 1 heterocycles. The van der Waals surface area contributed by atoms with Crippen LogP contribution in [0.25, 0.3) is 0 Å². The molecule has 2 aromatic rings. The zero-order valence-corrected chi connectivity index (χ0v) is 11.1. The van der Waals surface area contributed by atoms with E-state index in [1.54, 1.807) is 12.3 Å². The largest absolute Gasteiger partial charge is 0.377 e. The quantitative estimate of drug-likeness (QED) is 0.771. The average molecular weight is 258 g/mol. The summed E-state index contributed by atoms with van der Waals surface area (Å²) in [6, 6.07) is 9.48. The van der Waals surface area contributed by atoms with E-state index in [1.807, 2.05) is 38.1 Å². The van der Waals surface area contributed by atoms with Crippen molar-refractivity contribution in [3.05, 3.63) is 47.8 Å². The Kier molecular flexibility index (Phi) is 4.18. The Morgan fingerprint density at radius 2 is 2.26 bits per heavy atom. The van der Waals surface area contributed by atoms with Gasteiger partial charge >= 0.3 is 0 Å². The molecule has 1 unspecified atom stereocenters. The topological polar surface area (TPSA) is 69.8 Å². The second-order valence-corrected chi connectivity index (χ2v) is 4.32. The lowest BCUT2D eigenvalue weighted by atomic mass is 10.1. The molecule has 1 atom stereocenters. The molecule has 0 fully saturated rings. The van der Waals surface area contributed by atoms with Crippen LogP contribution < -0.4 is 10.6 Å². The molecule has 5 heteroatoms. The maximum atomic E-state index is 11.8. The minimum atomic E-state index is -0.0552. The molecule has 19 heavy (non-hydrogen) atoms. The van der Waals surface area contributed by atoms with Gasteiger partial charge in [0.05, 0.1) is 11.7 Å². The number of hydrogen-bond donors (Lipinski definition) is 3. The maximum Gasteiger partial charge on any atom is 0.251 e. The molecule has 1 aromatic heterocycles. The van der Waals surface area contributed by atoms with E-state index in [-0.39, 0.29) is 11.9 Å². The fourth-order valence-electron chi connectivity index (χ4n) is 1.85. The van der Waals surface area contributed by atoms with Crippen molar-refractivity contribution in [1.82, 2.24) is 15.5 Å². The lowest BCUT2D eigenvalue weighted by Gasteiger charge is -2.14. The number of carbonyl (C=O) groups excluding carboxylic acids is 1. The van der Waals surface area contributed by atoms with Gasteiger partial charge in [0.1, 0.15) is 0 Å². The highest BCUT2D eigenvalue weighted by Gasteiger charge is 2.08. The van der Waals surface area contributed by atoms with Crippen molar-refractivity contribution in [2.45, 2.75) is 19.9 Å². The third kappa shape index (κ3) is 3.34. The van der Waals surface area contributed by atoms with Gasteiger partial charge in [-0.05, 0) is 38.1 Å². The molecule has 5 nitrogen and oxygen atoms in total. The molecule has 100 valence electrons. The summed E-state index contributed by atoms with van der Waals surface area (Å²) in [4.78, 5) is 11.8. The van der Waals surface area contributed by atoms with Crippen LogP contribution in [0.15, 0.2) is 36.5 Å². The number of rotatable bonds is 5. The average Bonchev–Trinajstić information content (AvgIpc) is 2.93. The molecule has 1 amide bonds. The van der Waals surface area contributed by atoms with Crippen LogP contribution in [0.1, 0.15) is 35.9 Å². The van der Waals surface area contributed by atoms with E-state index in [2.05, 4.69) is 20.8 Å². The van der Waals surface area contributed by atoms with E-state index in [4.69, 9.17) is 0 Å². The minimum absolute atomic E-state index is 0.0552. The second kappa shape index (κ2) is 6.04. The molecule has 0 radical (unpaired) electrons. The van der Waals surface area contributed by atoms with Crippen LogP contribution >= 0.6 is 0 Å². The zero-order valence-electron chi connectivity index (χ0n) is 11.1. The summed E-state index contributed by atoms with van der Waals surface area (Å²) in [7, 11) is 0. The van der Waals surface area contributed by atoms with Crippen molar-refractivity contribution in [2.24, 2.45) is 0 Å². The smallest absolute Gasteiger partial charge is 0.251 e. The van der Waals surface area contributed by atoms with Gasteiger partial charge in [-0.1, -0.05) is 6.07 Å². The maximum absolute atomic E-state index is 11.8. The van der Waals surface area contributed by atoms with Gasteiger partial charge in [0, 0.05) is 24.0 Å². The fraction of sp³-hybridized carbons (Fsp3) is 0.286. The van der Waals surface area contributed by atoms with Crippen LogP contribution in [-0.4, -0.2) is 22.6 Å². The Morgan fingerprint density at radius 1 is 1.42 bits per heavy atom. The summed E-state index contributed by atoms with van der Waals surface area (Å²) >= 11 is 0. The first kappa shape index (κ1) is 13.1. The summed E-state index contributed by atoms with van der Waals surface area (Å²) in [5, 5.41) is 13.0. The van der Waals surface area contributed by atoms with Crippen LogP contribution in [0.3, 0.4) is 0 Å². The Hall–Kier alpha value is -2.30. The predicted octanol–water partition coefficient (Wildman–Crippen LogP) is 2.33. The number of aromatic amines is 1. The number of hydrogen-bond acceptors (Lipinski definition) is 3. The van der Waals surface area contributed by atoms with Crippen molar-refractivity contribution in [3.63, 3.8) is 0 Å². The van der Waals surface area contributed by atoms with Crippen molar-refractivity contribution >= 4 is 11.6 Å². The lowest BCUT2D eigenvalue weighted by Crippen LogP contribution is -2.22. The molecular weight excluding hydrogens is 240 g/mol. The molecule has 0 saturated heterocycles. The number of carbonyl (C=O) groups is 1. The zero-order chi connectivity index (χ0) is 13.7. The number of aromatic nitrogens is 2. The van der Waals surface area contributed by atoms with Crippen LogP contribution in [0.4, 0.5) is 5.69 Å². The van der Waals surface area contributed by atoms with Crippen LogP contribution in [0.5, 0.6) is 0 Å². The van der Waals surface area contributed by atoms with Gasteiger partial charge in [-0.25, -0.2) is 0 Å². The van der Waals surface area contributed by atoms with Crippen LogP contribution in [0, 0.1) is 0 Å². The third-order valence-electron chi connectivity index (χ3n) is 2.83. The highest BCUT2D eigenvalue weighted by molar-refractivity contribution is 5.95. The number of benzene rings is 1. The number of anilines is 1. The Balaban J connectivity index is 2.09. The second-order valence-electron chi connectivity index (χ2n) is 4.32. The van der Waals surface area contributed by atoms with E-state index in [0.29, 0.717) is 12.1 Å². The number of H-pyrrole nitrogens is 1. The van der Waals surface area contributed by atoms with E-state index in [0.717, 1.165) is 11.4 Å². The number of nitrogens with zero attached hydrogens (tertiary/aromatic N) is 1. The molecule has 2 rings (SSSR count). The standard InChI is InChI=1S/C14H18N4O/c1-3-15-14(19)11-5-4-6-12(9-11)17-10(2)13-7-8-16-18-13/h4-10,17H,3H2,1-2H3,(H,15,19)(H,16,18). The molecule has 1 aromatic carbocycles. The number of amides is 1. The first-order valence-corrected chi connectivity index (χ1v) is 6.34. The van der Waals surface area contributed by atoms with E-state index in [9.17, 15) is 4.79 Å². The summed E-state index contributed by atoms with van der Waals surface area (Å²) in [5.74, 6) is -0.0552. The van der Waals surface area contributed by atoms with Gasteiger partial charge < -0.3 is 10.6 Å². The van der Waals surface area contributed by atoms with Crippen LogP contribution in [-0.2, 0) is 0 Å². The Labute approximate surface area is 112 Å². The fourth-order valence-corrected chi connectivity index (χ4v) is 1.85. The number of nitrogens with one attached hydrogen (secondary N) is 3. The van der Waals surface area contributed by atoms with Crippen molar-refractivity contribution in [3.8, 4) is 0 Å². The Morgan fingerprint density at radius 3 is 2.95 bits per heavy atom. The normalized spacial score (nSPS) is 11.9. The molecular formula is C14H18N4O. The van der Waals surface area contributed by atoms with Gasteiger partial charge in [-0.2, -0.15) is 5.10 Å². The first-order valence-electron chi connectivity index (χ1n) is 6.34. The predicted molar refractivity (Wildman–Crippen MR) is 75.1 cm³/mol.